The van der Waals surface area contributed by atoms with Crippen LogP contribution in [0.4, 0.5) is 11.4 Å². The Bertz CT molecular complexity index is 468. The number of aldehydes is 1. The van der Waals surface area contributed by atoms with Gasteiger partial charge in [0.05, 0.1) is 4.92 Å². The van der Waals surface area contributed by atoms with E-state index in [2.05, 4.69) is 10.2 Å². The number of para-hydroxylation sites is 1. The van der Waals surface area contributed by atoms with Gasteiger partial charge in [0.25, 0.3) is 5.69 Å². The predicted molar refractivity (Wildman–Crippen MR) is 54.4 cm³/mol. The van der Waals surface area contributed by atoms with Gasteiger partial charge in [-0.25, -0.2) is 0 Å². The second kappa shape index (κ2) is 5.35. The molecule has 0 aliphatic carbocycles. The van der Waals surface area contributed by atoms with Crippen molar-refractivity contribution in [3.63, 3.8) is 0 Å². The molecule has 0 radical (unpaired) electrons. The lowest BCUT2D eigenvalue weighted by molar-refractivity contribution is -0.384. The number of aliphatic hydroxyl groups is 1. The van der Waals surface area contributed by atoms with Gasteiger partial charge in [-0.2, -0.15) is 0 Å². The highest BCUT2D eigenvalue weighted by Crippen LogP contribution is 2.26. The smallest absolute Gasteiger partial charge is 0.296 e. The second-order valence-corrected chi connectivity index (χ2v) is 2.62. The summed E-state index contributed by atoms with van der Waals surface area (Å²) in [5, 5.41) is 25.9. The largest absolute Gasteiger partial charge is 0.513 e. The average molecular weight is 221 g/mol. The van der Waals surface area contributed by atoms with Crippen LogP contribution >= 0.6 is 0 Å². The number of azo groups is 1. The zero-order valence-electron chi connectivity index (χ0n) is 7.98. The highest BCUT2D eigenvalue weighted by molar-refractivity contribution is 5.72. The van der Waals surface area contributed by atoms with Crippen LogP contribution in [0.3, 0.4) is 0 Å². The fraction of sp³-hybridized carbons (Fsp3) is 0. The van der Waals surface area contributed by atoms with Crippen LogP contribution in [0.1, 0.15) is 0 Å². The lowest BCUT2D eigenvalue weighted by Gasteiger charge is -1.94. The molecular weight excluding hydrogens is 214 g/mol. The molecule has 82 valence electrons. The molecule has 1 aromatic rings. The van der Waals surface area contributed by atoms with Crippen LogP contribution in [0.2, 0.25) is 0 Å². The number of carbonyl (C=O) groups is 1. The van der Waals surface area contributed by atoms with Gasteiger partial charge in [0.2, 0.25) is 0 Å². The van der Waals surface area contributed by atoms with Crippen molar-refractivity contribution in [3.05, 3.63) is 46.3 Å². The summed E-state index contributed by atoms with van der Waals surface area (Å²) in [6, 6.07) is 5.67. The third kappa shape index (κ3) is 2.71. The highest BCUT2D eigenvalue weighted by Gasteiger charge is 2.11. The fourth-order valence-corrected chi connectivity index (χ4v) is 0.895. The van der Waals surface area contributed by atoms with Gasteiger partial charge in [0.1, 0.15) is 6.26 Å². The van der Waals surface area contributed by atoms with Crippen molar-refractivity contribution in [3.8, 4) is 0 Å². The first-order chi connectivity index (χ1) is 7.69. The van der Waals surface area contributed by atoms with E-state index in [-0.39, 0.29) is 23.4 Å². The SMILES string of the molecule is O=CC(=CO)N=Nc1ccccc1[N+](=O)[O-]. The molecule has 0 fully saturated rings. The first-order valence-electron chi connectivity index (χ1n) is 4.13. The van der Waals surface area contributed by atoms with Crippen LogP contribution in [0.25, 0.3) is 0 Å². The summed E-state index contributed by atoms with van der Waals surface area (Å²) in [6.07, 6.45) is 0.740. The number of rotatable bonds is 4. The van der Waals surface area contributed by atoms with Gasteiger partial charge in [-0.1, -0.05) is 12.1 Å². The molecule has 1 aromatic carbocycles. The van der Waals surface area contributed by atoms with E-state index in [1.807, 2.05) is 0 Å². The van der Waals surface area contributed by atoms with E-state index in [9.17, 15) is 14.9 Å². The van der Waals surface area contributed by atoms with Crippen molar-refractivity contribution in [1.29, 1.82) is 0 Å². The quantitative estimate of drug-likeness (QED) is 0.210. The van der Waals surface area contributed by atoms with Crippen molar-refractivity contribution in [1.82, 2.24) is 0 Å². The molecule has 7 nitrogen and oxygen atoms in total. The molecule has 0 saturated carbocycles. The number of hydrogen-bond donors (Lipinski definition) is 1. The maximum Gasteiger partial charge on any atom is 0.296 e. The Morgan fingerprint density at radius 3 is 2.69 bits per heavy atom. The number of nitro benzene ring substituents is 1. The summed E-state index contributed by atoms with van der Waals surface area (Å²) >= 11 is 0. The Hall–Kier alpha value is -2.57. The van der Waals surface area contributed by atoms with Crippen LogP contribution in [0.5, 0.6) is 0 Å². The zero-order chi connectivity index (χ0) is 12.0. The molecule has 0 heterocycles. The van der Waals surface area contributed by atoms with Gasteiger partial charge in [-0.3, -0.25) is 14.9 Å². The summed E-state index contributed by atoms with van der Waals surface area (Å²) < 4.78 is 0. The van der Waals surface area contributed by atoms with Crippen molar-refractivity contribution in [2.75, 3.05) is 0 Å². The highest BCUT2D eigenvalue weighted by atomic mass is 16.6. The van der Waals surface area contributed by atoms with Gasteiger partial charge in [0.15, 0.2) is 17.7 Å². The lowest BCUT2D eigenvalue weighted by atomic mass is 10.3. The number of hydrogen-bond acceptors (Lipinski definition) is 6. The number of nitrogens with zero attached hydrogens (tertiary/aromatic N) is 3. The monoisotopic (exact) mass is 221 g/mol. The molecule has 0 aromatic heterocycles. The van der Waals surface area contributed by atoms with Gasteiger partial charge >= 0.3 is 0 Å². The van der Waals surface area contributed by atoms with Crippen LogP contribution in [-0.2, 0) is 4.79 Å². The molecule has 0 aliphatic rings. The first-order valence-corrected chi connectivity index (χ1v) is 4.13. The Morgan fingerprint density at radius 1 is 1.44 bits per heavy atom. The topological polar surface area (TPSA) is 105 Å². The summed E-state index contributed by atoms with van der Waals surface area (Å²) in [5.74, 6) is 0. The van der Waals surface area contributed by atoms with Gasteiger partial charge in [-0.05, 0) is 6.07 Å². The van der Waals surface area contributed by atoms with Crippen molar-refractivity contribution < 1.29 is 14.8 Å². The van der Waals surface area contributed by atoms with Gasteiger partial charge in [0, 0.05) is 6.07 Å². The van der Waals surface area contributed by atoms with E-state index in [0.717, 1.165) is 0 Å². The molecule has 1 N–H and O–H groups in total. The summed E-state index contributed by atoms with van der Waals surface area (Å²) in [5.41, 5.74) is -0.540. The Morgan fingerprint density at radius 2 is 2.12 bits per heavy atom. The summed E-state index contributed by atoms with van der Waals surface area (Å²) in [4.78, 5) is 20.2. The first kappa shape index (κ1) is 11.5. The molecule has 0 atom stereocenters. The molecule has 16 heavy (non-hydrogen) atoms. The van der Waals surface area contributed by atoms with Crippen LogP contribution < -0.4 is 0 Å². The molecule has 1 rings (SSSR count). The Kier molecular flexibility index (Phi) is 3.84. The average Bonchev–Trinajstić information content (AvgIpc) is 2.30. The van der Waals surface area contributed by atoms with Gasteiger partial charge < -0.3 is 5.11 Å². The molecule has 0 bridgehead atoms. The van der Waals surface area contributed by atoms with Crippen molar-refractivity contribution in [2.45, 2.75) is 0 Å². The molecular formula is C9H7N3O4. The number of carbonyl (C=O) groups excluding carboxylic acids is 1. The number of aliphatic hydroxyl groups excluding tert-OH is 1. The number of nitro groups is 1. The minimum atomic E-state index is -0.613. The van der Waals surface area contributed by atoms with E-state index in [0.29, 0.717) is 6.26 Å². The van der Waals surface area contributed by atoms with Crippen LogP contribution in [0, 0.1) is 10.1 Å². The molecule has 0 unspecified atom stereocenters. The number of benzene rings is 1. The van der Waals surface area contributed by atoms with Gasteiger partial charge in [-0.15, -0.1) is 10.2 Å². The van der Waals surface area contributed by atoms with Crippen molar-refractivity contribution >= 4 is 17.7 Å². The third-order valence-corrected chi connectivity index (χ3v) is 1.60. The molecule has 0 amide bonds. The predicted octanol–water partition coefficient (Wildman–Crippen LogP) is 2.28. The maximum absolute atomic E-state index is 10.6. The maximum atomic E-state index is 10.6. The summed E-state index contributed by atoms with van der Waals surface area (Å²) in [6.45, 7) is 0. The molecule has 0 saturated heterocycles. The Labute approximate surface area is 89.9 Å². The normalized spacial score (nSPS) is 11.6. The van der Waals surface area contributed by atoms with Crippen LogP contribution in [-0.4, -0.2) is 16.3 Å². The van der Waals surface area contributed by atoms with E-state index in [1.165, 1.54) is 18.2 Å². The van der Waals surface area contributed by atoms with E-state index in [1.54, 1.807) is 6.07 Å². The van der Waals surface area contributed by atoms with E-state index >= 15 is 0 Å². The fourth-order valence-electron chi connectivity index (χ4n) is 0.895. The second-order valence-electron chi connectivity index (χ2n) is 2.62. The zero-order valence-corrected chi connectivity index (χ0v) is 7.98. The van der Waals surface area contributed by atoms with E-state index in [4.69, 9.17) is 5.11 Å². The number of allylic oxidation sites excluding steroid dienone is 1. The minimum Gasteiger partial charge on any atom is -0.513 e. The lowest BCUT2D eigenvalue weighted by Crippen LogP contribution is -1.87. The van der Waals surface area contributed by atoms with Crippen molar-refractivity contribution in [2.24, 2.45) is 10.2 Å². The Balaban J connectivity index is 3.06. The molecule has 7 heteroatoms. The standard InChI is InChI=1S/C9H7N3O4/c13-5-7(6-14)10-11-8-3-1-2-4-9(8)12(15)16/h1-6,13H. The summed E-state index contributed by atoms with van der Waals surface area (Å²) in [7, 11) is 0. The van der Waals surface area contributed by atoms with E-state index < -0.39 is 4.92 Å². The molecule has 0 aliphatic heterocycles. The molecule has 0 spiro atoms. The third-order valence-electron chi connectivity index (χ3n) is 1.60. The minimum absolute atomic E-state index is 0.00806. The van der Waals surface area contributed by atoms with Crippen LogP contribution in [0.15, 0.2) is 46.5 Å².